The van der Waals surface area contributed by atoms with Crippen LogP contribution < -0.4 is 10.5 Å². The Morgan fingerprint density at radius 3 is 2.19 bits per heavy atom. The van der Waals surface area contributed by atoms with Gasteiger partial charge in [0.1, 0.15) is 0 Å². The predicted molar refractivity (Wildman–Crippen MR) is 64.7 cm³/mol. The standard InChI is InChI=1S/C9H18N4O2S/c1-6-7(10)8(13(5)11-6)12-16(14,15)9(2,3)4/h12H,10H2,1-5H3. The molecule has 16 heavy (non-hydrogen) atoms. The highest BCUT2D eigenvalue weighted by atomic mass is 32.2. The van der Waals surface area contributed by atoms with E-state index in [1.807, 2.05) is 0 Å². The van der Waals surface area contributed by atoms with Crippen LogP contribution in [0.1, 0.15) is 26.5 Å². The van der Waals surface area contributed by atoms with E-state index in [-0.39, 0.29) is 0 Å². The van der Waals surface area contributed by atoms with E-state index in [9.17, 15) is 8.42 Å². The van der Waals surface area contributed by atoms with Crippen LogP contribution in [-0.4, -0.2) is 22.9 Å². The van der Waals surface area contributed by atoms with E-state index in [4.69, 9.17) is 5.73 Å². The summed E-state index contributed by atoms with van der Waals surface area (Å²) in [4.78, 5) is 0. The van der Waals surface area contributed by atoms with Crippen LogP contribution in [0.3, 0.4) is 0 Å². The van der Waals surface area contributed by atoms with Gasteiger partial charge in [0.05, 0.1) is 16.1 Å². The second kappa shape index (κ2) is 3.65. The van der Waals surface area contributed by atoms with Crippen molar-refractivity contribution in [3.05, 3.63) is 5.69 Å². The minimum Gasteiger partial charge on any atom is -0.394 e. The van der Waals surface area contributed by atoms with Gasteiger partial charge in [-0.1, -0.05) is 0 Å². The van der Waals surface area contributed by atoms with Crippen molar-refractivity contribution >= 4 is 21.5 Å². The molecule has 1 rings (SSSR count). The first-order valence-electron chi connectivity index (χ1n) is 4.87. The maximum Gasteiger partial charge on any atom is 0.238 e. The van der Waals surface area contributed by atoms with Crippen LogP contribution in [0.15, 0.2) is 0 Å². The van der Waals surface area contributed by atoms with Crippen LogP contribution in [0.4, 0.5) is 11.5 Å². The number of anilines is 2. The fraction of sp³-hybridized carbons (Fsp3) is 0.667. The van der Waals surface area contributed by atoms with Gasteiger partial charge >= 0.3 is 0 Å². The lowest BCUT2D eigenvalue weighted by molar-refractivity contribution is 0.565. The first-order chi connectivity index (χ1) is 7.06. The van der Waals surface area contributed by atoms with Gasteiger partial charge in [-0.3, -0.25) is 4.72 Å². The van der Waals surface area contributed by atoms with Crippen molar-refractivity contribution in [1.82, 2.24) is 9.78 Å². The molecule has 7 heteroatoms. The second-order valence-corrected chi connectivity index (χ2v) is 7.12. The van der Waals surface area contributed by atoms with E-state index in [1.54, 1.807) is 34.7 Å². The van der Waals surface area contributed by atoms with E-state index in [2.05, 4.69) is 9.82 Å². The molecule has 6 nitrogen and oxygen atoms in total. The number of nitrogens with one attached hydrogen (secondary N) is 1. The maximum atomic E-state index is 11.9. The molecule has 1 aromatic rings. The van der Waals surface area contributed by atoms with Gasteiger partial charge < -0.3 is 5.73 Å². The summed E-state index contributed by atoms with van der Waals surface area (Å²) in [5.74, 6) is 0.312. The second-order valence-electron chi connectivity index (χ2n) is 4.69. The topological polar surface area (TPSA) is 90.0 Å². The fourth-order valence-electron chi connectivity index (χ4n) is 1.08. The quantitative estimate of drug-likeness (QED) is 0.809. The van der Waals surface area contributed by atoms with E-state index in [0.29, 0.717) is 17.2 Å². The lowest BCUT2D eigenvalue weighted by Gasteiger charge is -2.20. The van der Waals surface area contributed by atoms with Gasteiger partial charge in [-0.25, -0.2) is 13.1 Å². The van der Waals surface area contributed by atoms with E-state index in [1.165, 1.54) is 4.68 Å². The summed E-state index contributed by atoms with van der Waals surface area (Å²) in [5.41, 5.74) is 6.71. The molecule has 0 radical (unpaired) electrons. The number of nitrogens with two attached hydrogens (primary N) is 1. The van der Waals surface area contributed by atoms with Crippen LogP contribution >= 0.6 is 0 Å². The monoisotopic (exact) mass is 246 g/mol. The number of aromatic nitrogens is 2. The van der Waals surface area contributed by atoms with Gasteiger partial charge in [0, 0.05) is 7.05 Å². The molecule has 1 heterocycles. The number of hydrogen-bond donors (Lipinski definition) is 2. The molecule has 0 aromatic carbocycles. The Kier molecular flexibility index (Phi) is 2.93. The van der Waals surface area contributed by atoms with Gasteiger partial charge in [0.2, 0.25) is 10.0 Å². The van der Waals surface area contributed by atoms with Crippen molar-refractivity contribution in [2.24, 2.45) is 7.05 Å². The molecule has 0 saturated carbocycles. The van der Waals surface area contributed by atoms with Crippen molar-refractivity contribution in [3.8, 4) is 0 Å². The lowest BCUT2D eigenvalue weighted by atomic mass is 10.3. The molecule has 0 unspecified atom stereocenters. The van der Waals surface area contributed by atoms with Crippen molar-refractivity contribution in [2.45, 2.75) is 32.4 Å². The first kappa shape index (κ1) is 12.8. The fourth-order valence-corrected chi connectivity index (χ4v) is 1.88. The minimum atomic E-state index is -3.47. The molecular weight excluding hydrogens is 228 g/mol. The molecule has 0 spiro atoms. The SMILES string of the molecule is Cc1nn(C)c(NS(=O)(=O)C(C)(C)C)c1N. The Morgan fingerprint density at radius 1 is 1.38 bits per heavy atom. The number of aryl methyl sites for hydroxylation is 2. The molecule has 0 amide bonds. The van der Waals surface area contributed by atoms with Gasteiger partial charge in [0.25, 0.3) is 0 Å². The normalized spacial score (nSPS) is 12.8. The molecule has 0 atom stereocenters. The van der Waals surface area contributed by atoms with E-state index >= 15 is 0 Å². The molecular formula is C9H18N4O2S. The zero-order valence-corrected chi connectivity index (χ0v) is 11.0. The van der Waals surface area contributed by atoms with Crippen LogP contribution in [0.5, 0.6) is 0 Å². The Bertz CT molecular complexity index is 496. The van der Waals surface area contributed by atoms with Gasteiger partial charge in [-0.2, -0.15) is 5.10 Å². The Balaban J connectivity index is 3.16. The predicted octanol–water partition coefficient (Wildman–Crippen LogP) is 0.851. The molecule has 0 bridgehead atoms. The third kappa shape index (κ3) is 2.13. The summed E-state index contributed by atoms with van der Waals surface area (Å²) in [7, 11) is -1.83. The van der Waals surface area contributed by atoms with Crippen LogP contribution in [0.2, 0.25) is 0 Å². The number of rotatable bonds is 2. The highest BCUT2D eigenvalue weighted by Gasteiger charge is 2.30. The summed E-state index contributed by atoms with van der Waals surface area (Å²) in [6.45, 7) is 6.59. The van der Waals surface area contributed by atoms with Gasteiger partial charge in [-0.05, 0) is 27.7 Å². The van der Waals surface area contributed by atoms with Crippen LogP contribution in [-0.2, 0) is 17.1 Å². The zero-order valence-electron chi connectivity index (χ0n) is 10.2. The molecule has 0 aliphatic carbocycles. The number of hydrogen-bond acceptors (Lipinski definition) is 4. The number of nitrogens with zero attached hydrogens (tertiary/aromatic N) is 2. The van der Waals surface area contributed by atoms with Gasteiger partial charge in [-0.15, -0.1) is 0 Å². The molecule has 1 aromatic heterocycles. The summed E-state index contributed by atoms with van der Waals surface area (Å²) in [5, 5.41) is 4.04. The third-order valence-electron chi connectivity index (χ3n) is 2.31. The highest BCUT2D eigenvalue weighted by molar-refractivity contribution is 7.94. The minimum absolute atomic E-state index is 0.312. The average molecular weight is 246 g/mol. The Morgan fingerprint density at radius 2 is 1.88 bits per heavy atom. The van der Waals surface area contributed by atoms with Crippen molar-refractivity contribution in [2.75, 3.05) is 10.5 Å². The Labute approximate surface area is 95.9 Å². The molecule has 92 valence electrons. The summed E-state index contributed by atoms with van der Waals surface area (Å²) < 4.78 is 26.9. The summed E-state index contributed by atoms with van der Waals surface area (Å²) >= 11 is 0. The highest BCUT2D eigenvalue weighted by Crippen LogP contribution is 2.25. The van der Waals surface area contributed by atoms with E-state index < -0.39 is 14.8 Å². The van der Waals surface area contributed by atoms with Gasteiger partial charge in [0.15, 0.2) is 5.82 Å². The molecule has 0 fully saturated rings. The lowest BCUT2D eigenvalue weighted by Crippen LogP contribution is -2.34. The summed E-state index contributed by atoms with van der Waals surface area (Å²) in [6.07, 6.45) is 0. The smallest absolute Gasteiger partial charge is 0.238 e. The number of nitrogen functional groups attached to an aromatic ring is 1. The molecule has 3 N–H and O–H groups in total. The van der Waals surface area contributed by atoms with Crippen LogP contribution in [0.25, 0.3) is 0 Å². The third-order valence-corrected chi connectivity index (χ3v) is 4.38. The largest absolute Gasteiger partial charge is 0.394 e. The van der Waals surface area contributed by atoms with Crippen molar-refractivity contribution in [1.29, 1.82) is 0 Å². The molecule has 0 aliphatic rings. The average Bonchev–Trinajstić information content (AvgIpc) is 2.30. The molecule has 0 saturated heterocycles. The van der Waals surface area contributed by atoms with Crippen molar-refractivity contribution < 1.29 is 8.42 Å². The summed E-state index contributed by atoms with van der Waals surface area (Å²) in [6, 6.07) is 0. The molecule has 0 aliphatic heterocycles. The number of sulfonamides is 1. The maximum absolute atomic E-state index is 11.9. The first-order valence-corrected chi connectivity index (χ1v) is 6.36. The van der Waals surface area contributed by atoms with E-state index in [0.717, 1.165) is 0 Å². The van der Waals surface area contributed by atoms with Crippen LogP contribution in [0, 0.1) is 6.92 Å². The van der Waals surface area contributed by atoms with Crippen molar-refractivity contribution in [3.63, 3.8) is 0 Å². The zero-order chi connectivity index (χ0) is 12.7. The Hall–Kier alpha value is -1.24.